The van der Waals surface area contributed by atoms with Gasteiger partial charge in [-0.1, -0.05) is 54.1 Å². The van der Waals surface area contributed by atoms with E-state index in [1.807, 2.05) is 0 Å². The number of halogens is 1. The van der Waals surface area contributed by atoms with Gasteiger partial charge in [-0.3, -0.25) is 4.99 Å². The van der Waals surface area contributed by atoms with Crippen LogP contribution < -0.4 is 11.1 Å². The van der Waals surface area contributed by atoms with Crippen LogP contribution in [-0.2, 0) is 14.6 Å². The molecule has 0 aliphatic carbocycles. The van der Waals surface area contributed by atoms with Crippen LogP contribution >= 0.6 is 11.6 Å². The van der Waals surface area contributed by atoms with Gasteiger partial charge in [-0.25, -0.2) is 18.4 Å². The van der Waals surface area contributed by atoms with Gasteiger partial charge in [0, 0.05) is 23.2 Å². The molecule has 0 saturated heterocycles. The molecule has 5 rings (SSSR count). The number of aromatic nitrogens is 2. The number of hydrogen-bond acceptors (Lipinski definition) is 7. The van der Waals surface area contributed by atoms with Gasteiger partial charge in [-0.05, 0) is 36.4 Å². The SMILES string of the molecule is Nc1cccc(Nc2ncc(Cl)c(C3(S(=O)(=O)c4ccccc4)C=Nc4ccccc43)n2)c1. The number of fused-ring (bicyclic) bond motifs is 1. The number of nitrogens with two attached hydrogens (primary N) is 1. The molecule has 1 aliphatic rings. The third-order valence-corrected chi connectivity index (χ3v) is 7.94. The highest BCUT2D eigenvalue weighted by atomic mass is 35.5. The van der Waals surface area contributed by atoms with Crippen LogP contribution in [0.15, 0.2) is 94.9 Å². The molecule has 7 nitrogen and oxygen atoms in total. The quantitative estimate of drug-likeness (QED) is 0.397. The van der Waals surface area contributed by atoms with Crippen LogP contribution in [0.25, 0.3) is 0 Å². The Labute approximate surface area is 195 Å². The summed E-state index contributed by atoms with van der Waals surface area (Å²) < 4.78 is 26.6. The van der Waals surface area contributed by atoms with Crippen molar-refractivity contribution < 1.29 is 8.42 Å². The Bertz CT molecular complexity index is 1490. The number of anilines is 3. The lowest BCUT2D eigenvalue weighted by molar-refractivity contribution is 0.580. The van der Waals surface area contributed by atoms with Crippen molar-refractivity contribution in [1.29, 1.82) is 0 Å². The van der Waals surface area contributed by atoms with Crippen LogP contribution in [0.3, 0.4) is 0 Å². The number of nitrogens with zero attached hydrogens (tertiary/aromatic N) is 3. The predicted molar refractivity (Wildman–Crippen MR) is 130 cm³/mol. The van der Waals surface area contributed by atoms with Gasteiger partial charge in [0.05, 0.1) is 27.5 Å². The van der Waals surface area contributed by atoms with Crippen LogP contribution in [0.1, 0.15) is 11.3 Å². The van der Waals surface area contributed by atoms with E-state index >= 15 is 0 Å². The summed E-state index contributed by atoms with van der Waals surface area (Å²) in [6, 6.07) is 22.3. The molecule has 0 spiro atoms. The molecule has 0 fully saturated rings. The first kappa shape index (κ1) is 21.1. The van der Waals surface area contributed by atoms with Gasteiger partial charge < -0.3 is 11.1 Å². The highest BCUT2D eigenvalue weighted by Gasteiger charge is 2.53. The molecule has 1 aromatic heterocycles. The van der Waals surface area contributed by atoms with E-state index < -0.39 is 14.6 Å². The van der Waals surface area contributed by atoms with Gasteiger partial charge in [-0.2, -0.15) is 0 Å². The Morgan fingerprint density at radius 1 is 0.939 bits per heavy atom. The predicted octanol–water partition coefficient (Wildman–Crippen LogP) is 4.89. The van der Waals surface area contributed by atoms with Crippen molar-refractivity contribution in [2.75, 3.05) is 11.1 Å². The first-order valence-electron chi connectivity index (χ1n) is 10.0. The van der Waals surface area contributed by atoms with Crippen molar-refractivity contribution in [3.63, 3.8) is 0 Å². The Hall–Kier alpha value is -3.75. The Morgan fingerprint density at radius 3 is 2.48 bits per heavy atom. The van der Waals surface area contributed by atoms with Gasteiger partial charge >= 0.3 is 0 Å². The third-order valence-electron chi connectivity index (χ3n) is 5.41. The fourth-order valence-electron chi connectivity index (χ4n) is 3.88. The van der Waals surface area contributed by atoms with Crippen molar-refractivity contribution in [3.8, 4) is 0 Å². The second-order valence-electron chi connectivity index (χ2n) is 7.47. The number of nitrogens with one attached hydrogen (secondary N) is 1. The van der Waals surface area contributed by atoms with Crippen molar-refractivity contribution >= 4 is 50.7 Å². The Morgan fingerprint density at radius 2 is 1.70 bits per heavy atom. The highest BCUT2D eigenvalue weighted by Crippen LogP contribution is 2.49. The monoisotopic (exact) mass is 475 g/mol. The van der Waals surface area contributed by atoms with Crippen LogP contribution in [-0.4, -0.2) is 24.6 Å². The number of sulfone groups is 1. The van der Waals surface area contributed by atoms with Gasteiger partial charge in [0.25, 0.3) is 0 Å². The smallest absolute Gasteiger partial charge is 0.227 e. The molecule has 3 N–H and O–H groups in total. The summed E-state index contributed by atoms with van der Waals surface area (Å²) >= 11 is 6.56. The maximum absolute atomic E-state index is 14.1. The van der Waals surface area contributed by atoms with E-state index in [2.05, 4.69) is 20.3 Å². The fraction of sp³-hybridized carbons (Fsp3) is 0.0417. The summed E-state index contributed by atoms with van der Waals surface area (Å²) in [5.41, 5.74) is 8.21. The van der Waals surface area contributed by atoms with Crippen LogP contribution in [0.4, 0.5) is 23.0 Å². The molecule has 1 atom stereocenters. The molecule has 1 aliphatic heterocycles. The molecular weight excluding hydrogens is 458 g/mol. The minimum absolute atomic E-state index is 0.107. The Kier molecular flexibility index (Phi) is 5.11. The highest BCUT2D eigenvalue weighted by molar-refractivity contribution is 7.93. The third kappa shape index (κ3) is 3.44. The summed E-state index contributed by atoms with van der Waals surface area (Å²) in [4.78, 5) is 13.4. The minimum atomic E-state index is -4.06. The minimum Gasteiger partial charge on any atom is -0.399 e. The summed E-state index contributed by atoms with van der Waals surface area (Å²) in [6.07, 6.45) is 2.79. The van der Waals surface area contributed by atoms with Gasteiger partial charge in [0.15, 0.2) is 14.6 Å². The van der Waals surface area contributed by atoms with E-state index in [1.165, 1.54) is 12.4 Å². The molecule has 33 heavy (non-hydrogen) atoms. The van der Waals surface area contributed by atoms with Gasteiger partial charge in [-0.15, -0.1) is 0 Å². The maximum Gasteiger partial charge on any atom is 0.227 e. The topological polar surface area (TPSA) is 110 Å². The maximum atomic E-state index is 14.1. The normalized spacial score (nSPS) is 17.0. The summed E-state index contributed by atoms with van der Waals surface area (Å²) in [5.74, 6) is 0.181. The summed E-state index contributed by atoms with van der Waals surface area (Å²) in [7, 11) is -4.06. The van der Waals surface area contributed by atoms with Gasteiger partial charge in [0.1, 0.15) is 0 Å². The van der Waals surface area contributed by atoms with E-state index in [1.54, 1.807) is 78.9 Å². The van der Waals surface area contributed by atoms with E-state index in [4.69, 9.17) is 17.3 Å². The van der Waals surface area contributed by atoms with Gasteiger partial charge in [0.2, 0.25) is 5.95 Å². The number of benzene rings is 3. The van der Waals surface area contributed by atoms with E-state index in [0.29, 0.717) is 22.6 Å². The van der Waals surface area contributed by atoms with Crippen LogP contribution in [0.2, 0.25) is 5.02 Å². The number of nitrogen functional groups attached to an aromatic ring is 1. The molecule has 0 bridgehead atoms. The zero-order valence-electron chi connectivity index (χ0n) is 17.2. The largest absolute Gasteiger partial charge is 0.399 e. The zero-order valence-corrected chi connectivity index (χ0v) is 18.8. The lowest BCUT2D eigenvalue weighted by Gasteiger charge is -2.28. The lowest BCUT2D eigenvalue weighted by Crippen LogP contribution is -2.38. The lowest BCUT2D eigenvalue weighted by atomic mass is 9.96. The second-order valence-corrected chi connectivity index (χ2v) is 10.00. The molecule has 0 saturated carbocycles. The number of para-hydroxylation sites is 1. The molecule has 3 aromatic carbocycles. The van der Waals surface area contributed by atoms with Crippen molar-refractivity contribution in [2.24, 2.45) is 4.99 Å². The summed E-state index contributed by atoms with van der Waals surface area (Å²) in [6.45, 7) is 0. The summed E-state index contributed by atoms with van der Waals surface area (Å²) in [5, 5.41) is 3.18. The number of aliphatic imine (C=N–C) groups is 1. The molecule has 2 heterocycles. The van der Waals surface area contributed by atoms with Crippen LogP contribution in [0, 0.1) is 0 Å². The van der Waals surface area contributed by atoms with Crippen molar-refractivity contribution in [1.82, 2.24) is 9.97 Å². The molecule has 164 valence electrons. The number of hydrogen-bond donors (Lipinski definition) is 2. The van der Waals surface area contributed by atoms with Crippen molar-refractivity contribution in [3.05, 3.63) is 101 Å². The molecule has 9 heteroatoms. The number of rotatable bonds is 5. The van der Waals surface area contributed by atoms with Crippen LogP contribution in [0.5, 0.6) is 0 Å². The second kappa shape index (κ2) is 7.99. The van der Waals surface area contributed by atoms with E-state index in [-0.39, 0.29) is 21.6 Å². The average Bonchev–Trinajstić information content (AvgIpc) is 3.22. The van der Waals surface area contributed by atoms with Crippen molar-refractivity contribution in [2.45, 2.75) is 9.64 Å². The standard InChI is InChI=1S/C24H18ClN5O2S/c25-20-14-27-23(29-17-8-6-7-16(26)13-17)30-22(20)24(15-28-21-12-5-4-11-19(21)24)33(31,32)18-9-2-1-3-10-18/h1-15H,26H2,(H,27,29,30). The first-order chi connectivity index (χ1) is 15.9. The molecule has 4 aromatic rings. The van der Waals surface area contributed by atoms with E-state index in [0.717, 1.165) is 0 Å². The molecular formula is C24H18ClN5O2S. The zero-order chi connectivity index (χ0) is 23.1. The van der Waals surface area contributed by atoms with E-state index in [9.17, 15) is 8.42 Å². The molecule has 1 unspecified atom stereocenters. The first-order valence-corrected chi connectivity index (χ1v) is 11.9. The average molecular weight is 476 g/mol. The molecule has 0 amide bonds. The fourth-order valence-corrected chi connectivity index (χ4v) is 6.13. The molecule has 0 radical (unpaired) electrons. The Balaban J connectivity index is 1.74.